The molecule has 0 radical (unpaired) electrons. The molecule has 84 valence electrons. The van der Waals surface area contributed by atoms with Crippen LogP contribution >= 0.6 is 11.8 Å². The standard InChI is InChI=1S/C12H12FNOS/c1-3-14-10-7-9(13)4-5-11(10)16-12(14)6-8(2)15/h4-7H,3H2,1-2H3/b12-6-. The zero-order valence-corrected chi connectivity index (χ0v) is 9.97. The molecule has 0 atom stereocenters. The molecule has 1 aromatic rings. The highest BCUT2D eigenvalue weighted by atomic mass is 32.2. The molecule has 0 fully saturated rings. The summed E-state index contributed by atoms with van der Waals surface area (Å²) in [5, 5.41) is 0.871. The van der Waals surface area contributed by atoms with Crippen LogP contribution in [-0.2, 0) is 4.79 Å². The van der Waals surface area contributed by atoms with Gasteiger partial charge in [0.2, 0.25) is 0 Å². The minimum atomic E-state index is -0.248. The number of carbonyl (C=O) groups is 1. The maximum atomic E-state index is 13.1. The molecule has 0 saturated heterocycles. The average molecular weight is 237 g/mol. The van der Waals surface area contributed by atoms with Crippen molar-refractivity contribution in [2.45, 2.75) is 18.7 Å². The van der Waals surface area contributed by atoms with Gasteiger partial charge in [-0.05, 0) is 32.0 Å². The van der Waals surface area contributed by atoms with Crippen LogP contribution in [0.25, 0.3) is 0 Å². The molecule has 1 aliphatic rings. The van der Waals surface area contributed by atoms with E-state index in [0.717, 1.165) is 22.2 Å². The van der Waals surface area contributed by atoms with Gasteiger partial charge >= 0.3 is 0 Å². The first-order valence-corrected chi connectivity index (χ1v) is 5.90. The third-order valence-electron chi connectivity index (χ3n) is 2.34. The van der Waals surface area contributed by atoms with Crippen LogP contribution in [0.4, 0.5) is 10.1 Å². The molecule has 0 aliphatic carbocycles. The first kappa shape index (κ1) is 11.2. The van der Waals surface area contributed by atoms with E-state index in [1.165, 1.54) is 30.8 Å². The van der Waals surface area contributed by atoms with Gasteiger partial charge in [0, 0.05) is 17.5 Å². The minimum absolute atomic E-state index is 0.00854. The fraction of sp³-hybridized carbons (Fsp3) is 0.250. The van der Waals surface area contributed by atoms with Crippen molar-refractivity contribution in [1.82, 2.24) is 0 Å². The Labute approximate surface area is 98.1 Å². The van der Waals surface area contributed by atoms with Crippen molar-refractivity contribution in [2.24, 2.45) is 0 Å². The quantitative estimate of drug-likeness (QED) is 0.737. The van der Waals surface area contributed by atoms with Crippen LogP contribution in [0.2, 0.25) is 0 Å². The third kappa shape index (κ3) is 1.97. The maximum Gasteiger partial charge on any atom is 0.155 e. The Balaban J connectivity index is 2.44. The van der Waals surface area contributed by atoms with E-state index in [-0.39, 0.29) is 11.6 Å². The van der Waals surface area contributed by atoms with Gasteiger partial charge in [0.15, 0.2) is 5.78 Å². The number of ketones is 1. The van der Waals surface area contributed by atoms with E-state index in [1.54, 1.807) is 12.1 Å². The Morgan fingerprint density at radius 1 is 1.56 bits per heavy atom. The molecule has 0 spiro atoms. The molecule has 1 aromatic carbocycles. The molecular weight excluding hydrogens is 225 g/mol. The SMILES string of the molecule is CCN1/C(=C/C(C)=O)Sc2ccc(F)cc21. The lowest BCUT2D eigenvalue weighted by Gasteiger charge is -2.17. The van der Waals surface area contributed by atoms with Gasteiger partial charge in [-0.3, -0.25) is 4.79 Å². The molecule has 16 heavy (non-hydrogen) atoms. The summed E-state index contributed by atoms with van der Waals surface area (Å²) in [5.74, 6) is -0.240. The van der Waals surface area contributed by atoms with Crippen molar-refractivity contribution in [3.05, 3.63) is 35.1 Å². The van der Waals surface area contributed by atoms with Crippen LogP contribution in [0.15, 0.2) is 34.2 Å². The number of halogens is 1. The molecular formula is C12H12FNOS. The van der Waals surface area contributed by atoms with Crippen LogP contribution in [0.3, 0.4) is 0 Å². The second-order valence-corrected chi connectivity index (χ2v) is 4.61. The molecule has 2 nitrogen and oxygen atoms in total. The Morgan fingerprint density at radius 2 is 2.31 bits per heavy atom. The van der Waals surface area contributed by atoms with Crippen LogP contribution in [0.1, 0.15) is 13.8 Å². The van der Waals surface area contributed by atoms with Gasteiger partial charge in [0.1, 0.15) is 5.82 Å². The molecule has 1 aliphatic heterocycles. The highest BCUT2D eigenvalue weighted by molar-refractivity contribution is 8.03. The predicted octanol–water partition coefficient (Wildman–Crippen LogP) is 3.19. The predicted molar refractivity (Wildman–Crippen MR) is 64.0 cm³/mol. The van der Waals surface area contributed by atoms with E-state index >= 15 is 0 Å². The van der Waals surface area contributed by atoms with E-state index in [9.17, 15) is 9.18 Å². The number of thioether (sulfide) groups is 1. The molecule has 4 heteroatoms. The summed E-state index contributed by atoms with van der Waals surface area (Å²) in [7, 11) is 0. The zero-order valence-electron chi connectivity index (χ0n) is 9.16. The van der Waals surface area contributed by atoms with Gasteiger partial charge in [-0.25, -0.2) is 4.39 Å². The maximum absolute atomic E-state index is 13.1. The van der Waals surface area contributed by atoms with E-state index in [1.807, 2.05) is 11.8 Å². The van der Waals surface area contributed by atoms with Crippen molar-refractivity contribution in [1.29, 1.82) is 0 Å². The van der Waals surface area contributed by atoms with Crippen molar-refractivity contribution >= 4 is 23.2 Å². The van der Waals surface area contributed by atoms with Gasteiger partial charge < -0.3 is 4.90 Å². The van der Waals surface area contributed by atoms with Gasteiger partial charge in [-0.2, -0.15) is 0 Å². The lowest BCUT2D eigenvalue weighted by molar-refractivity contribution is -0.112. The van der Waals surface area contributed by atoms with Crippen LogP contribution in [0.5, 0.6) is 0 Å². The molecule has 0 N–H and O–H groups in total. The van der Waals surface area contributed by atoms with Crippen LogP contribution in [0, 0.1) is 5.82 Å². The summed E-state index contributed by atoms with van der Waals surface area (Å²) in [4.78, 5) is 14.0. The number of anilines is 1. The summed E-state index contributed by atoms with van der Waals surface area (Å²) in [6.45, 7) is 4.22. The summed E-state index contributed by atoms with van der Waals surface area (Å²) in [6.07, 6.45) is 1.59. The molecule has 0 bridgehead atoms. The molecule has 0 saturated carbocycles. The number of hydrogen-bond donors (Lipinski definition) is 0. The van der Waals surface area contributed by atoms with Gasteiger partial charge in [-0.1, -0.05) is 11.8 Å². The second kappa shape index (κ2) is 4.29. The highest BCUT2D eigenvalue weighted by Gasteiger charge is 2.24. The number of allylic oxidation sites excluding steroid dienone is 1. The Morgan fingerprint density at radius 3 is 2.94 bits per heavy atom. The number of carbonyl (C=O) groups excluding carboxylic acids is 1. The summed E-state index contributed by atoms with van der Waals surface area (Å²) < 4.78 is 13.1. The first-order chi connectivity index (χ1) is 7.61. The van der Waals surface area contributed by atoms with Crippen molar-refractivity contribution in [3.63, 3.8) is 0 Å². The zero-order chi connectivity index (χ0) is 11.7. The molecule has 0 aromatic heterocycles. The number of fused-ring (bicyclic) bond motifs is 1. The Kier molecular flexibility index (Phi) is 3.01. The van der Waals surface area contributed by atoms with Gasteiger partial charge in [0.05, 0.1) is 10.7 Å². The second-order valence-electron chi connectivity index (χ2n) is 3.55. The third-order valence-corrected chi connectivity index (χ3v) is 3.45. The van der Waals surface area contributed by atoms with Gasteiger partial charge in [0.25, 0.3) is 0 Å². The monoisotopic (exact) mass is 237 g/mol. The number of benzene rings is 1. The number of nitrogens with zero attached hydrogens (tertiary/aromatic N) is 1. The molecule has 2 rings (SSSR count). The lowest BCUT2D eigenvalue weighted by atomic mass is 10.3. The first-order valence-electron chi connectivity index (χ1n) is 5.09. The normalized spacial score (nSPS) is 16.7. The molecule has 1 heterocycles. The largest absolute Gasteiger partial charge is 0.335 e. The molecule has 0 unspecified atom stereocenters. The highest BCUT2D eigenvalue weighted by Crippen LogP contribution is 2.45. The summed E-state index contributed by atoms with van der Waals surface area (Å²) >= 11 is 1.51. The fourth-order valence-corrected chi connectivity index (χ4v) is 2.88. The average Bonchev–Trinajstić information content (AvgIpc) is 2.53. The topological polar surface area (TPSA) is 20.3 Å². The van der Waals surface area contributed by atoms with Crippen molar-refractivity contribution in [3.8, 4) is 0 Å². The van der Waals surface area contributed by atoms with Crippen LogP contribution in [-0.4, -0.2) is 12.3 Å². The van der Waals surface area contributed by atoms with E-state index in [4.69, 9.17) is 0 Å². The van der Waals surface area contributed by atoms with Crippen molar-refractivity contribution in [2.75, 3.05) is 11.4 Å². The molecule has 0 amide bonds. The van der Waals surface area contributed by atoms with E-state index in [2.05, 4.69) is 0 Å². The smallest absolute Gasteiger partial charge is 0.155 e. The van der Waals surface area contributed by atoms with Crippen LogP contribution < -0.4 is 4.90 Å². The summed E-state index contributed by atoms with van der Waals surface area (Å²) in [6, 6.07) is 4.70. The number of rotatable bonds is 2. The minimum Gasteiger partial charge on any atom is -0.335 e. The number of hydrogen-bond acceptors (Lipinski definition) is 3. The fourth-order valence-electron chi connectivity index (χ4n) is 1.68. The van der Waals surface area contributed by atoms with E-state index < -0.39 is 0 Å². The summed E-state index contributed by atoms with van der Waals surface area (Å²) in [5.41, 5.74) is 0.847. The van der Waals surface area contributed by atoms with Crippen molar-refractivity contribution < 1.29 is 9.18 Å². The van der Waals surface area contributed by atoms with E-state index in [0.29, 0.717) is 0 Å². The Bertz CT molecular complexity index is 470. The van der Waals surface area contributed by atoms with Gasteiger partial charge in [-0.15, -0.1) is 0 Å². The Hall–Kier alpha value is -1.29. The lowest BCUT2D eigenvalue weighted by Crippen LogP contribution is -2.17.